The van der Waals surface area contributed by atoms with E-state index in [9.17, 15) is 22.4 Å². The van der Waals surface area contributed by atoms with Crippen LogP contribution in [0, 0.1) is 11.7 Å². The number of nitrogens with one attached hydrogen (secondary N) is 2. The van der Waals surface area contributed by atoms with E-state index in [2.05, 4.69) is 10.0 Å². The van der Waals surface area contributed by atoms with E-state index in [-0.39, 0.29) is 23.8 Å². The Kier molecular flexibility index (Phi) is 7.45. The number of benzene rings is 1. The first-order chi connectivity index (χ1) is 14.7. The van der Waals surface area contributed by atoms with Gasteiger partial charge in [-0.1, -0.05) is 26.0 Å². The van der Waals surface area contributed by atoms with Crippen molar-refractivity contribution in [3.8, 4) is 0 Å². The van der Waals surface area contributed by atoms with Crippen molar-refractivity contribution >= 4 is 33.2 Å². The van der Waals surface area contributed by atoms with Gasteiger partial charge in [0, 0.05) is 30.1 Å². The molecular formula is C21H26FN3O4S2. The average Bonchev–Trinajstić information content (AvgIpc) is 3.27. The topological polar surface area (TPSA) is 95.6 Å². The fraction of sp³-hybridized carbons (Fsp3) is 0.429. The van der Waals surface area contributed by atoms with Crippen molar-refractivity contribution in [2.24, 2.45) is 5.92 Å². The summed E-state index contributed by atoms with van der Waals surface area (Å²) < 4.78 is 41.7. The van der Waals surface area contributed by atoms with E-state index in [1.165, 1.54) is 29.5 Å². The SMILES string of the molecule is CC(C)[C@H](NS(=O)(=O)c1ccccc1F)C(=O)N1CCC(NC(=O)c2ccsc2)CC1. The molecule has 2 N–H and O–H groups in total. The van der Waals surface area contributed by atoms with Crippen molar-refractivity contribution in [3.63, 3.8) is 0 Å². The van der Waals surface area contributed by atoms with Crippen LogP contribution in [-0.2, 0) is 14.8 Å². The molecule has 1 atom stereocenters. The standard InChI is InChI=1S/C21H26FN3O4S2/c1-14(2)19(24-31(28,29)18-6-4-3-5-17(18)22)21(27)25-10-7-16(8-11-25)23-20(26)15-9-12-30-13-15/h3-6,9,12-14,16,19,24H,7-8,10-11H2,1-2H3,(H,23,26)/t19-/m0/s1. The molecule has 168 valence electrons. The predicted molar refractivity (Wildman–Crippen MR) is 117 cm³/mol. The summed E-state index contributed by atoms with van der Waals surface area (Å²) in [6.45, 7) is 4.27. The van der Waals surface area contributed by atoms with Crippen molar-refractivity contribution in [2.75, 3.05) is 13.1 Å². The zero-order chi connectivity index (χ0) is 22.6. The lowest BCUT2D eigenvalue weighted by atomic mass is 10.00. The number of sulfonamides is 1. The van der Waals surface area contributed by atoms with Gasteiger partial charge in [-0.05, 0) is 42.3 Å². The molecular weight excluding hydrogens is 441 g/mol. The molecule has 0 spiro atoms. The molecule has 0 aliphatic carbocycles. The molecule has 2 amide bonds. The highest BCUT2D eigenvalue weighted by Gasteiger charge is 2.34. The molecule has 2 heterocycles. The summed E-state index contributed by atoms with van der Waals surface area (Å²) in [5, 5.41) is 6.59. The summed E-state index contributed by atoms with van der Waals surface area (Å²) in [6.07, 6.45) is 1.15. The van der Waals surface area contributed by atoms with Gasteiger partial charge in [-0.3, -0.25) is 9.59 Å². The van der Waals surface area contributed by atoms with E-state index < -0.39 is 26.8 Å². The number of carbonyl (C=O) groups is 2. The fourth-order valence-corrected chi connectivity index (χ4v) is 5.52. The molecule has 1 aromatic heterocycles. The maximum absolute atomic E-state index is 14.0. The van der Waals surface area contributed by atoms with Crippen LogP contribution in [0.4, 0.5) is 4.39 Å². The quantitative estimate of drug-likeness (QED) is 0.654. The van der Waals surface area contributed by atoms with E-state index in [4.69, 9.17) is 0 Å². The Hall–Kier alpha value is -2.30. The smallest absolute Gasteiger partial charge is 0.252 e. The zero-order valence-electron chi connectivity index (χ0n) is 17.4. The van der Waals surface area contributed by atoms with E-state index in [0.29, 0.717) is 31.5 Å². The highest BCUT2D eigenvalue weighted by atomic mass is 32.2. The minimum atomic E-state index is -4.20. The number of nitrogens with zero attached hydrogens (tertiary/aromatic N) is 1. The molecule has 10 heteroatoms. The summed E-state index contributed by atoms with van der Waals surface area (Å²) in [5.41, 5.74) is 0.617. The van der Waals surface area contributed by atoms with Gasteiger partial charge in [0.1, 0.15) is 16.8 Å². The molecule has 1 aromatic carbocycles. The first-order valence-corrected chi connectivity index (χ1v) is 12.5. The molecule has 0 saturated carbocycles. The van der Waals surface area contributed by atoms with E-state index in [1.807, 2.05) is 5.38 Å². The van der Waals surface area contributed by atoms with Crippen LogP contribution < -0.4 is 10.0 Å². The highest BCUT2D eigenvalue weighted by Crippen LogP contribution is 2.19. The van der Waals surface area contributed by atoms with Crippen molar-refractivity contribution in [3.05, 3.63) is 52.5 Å². The van der Waals surface area contributed by atoms with E-state index >= 15 is 0 Å². The Morgan fingerprint density at radius 3 is 2.42 bits per heavy atom. The molecule has 2 aromatic rings. The molecule has 1 saturated heterocycles. The number of rotatable bonds is 7. The monoisotopic (exact) mass is 467 g/mol. The van der Waals surface area contributed by atoms with Gasteiger partial charge in [-0.2, -0.15) is 16.1 Å². The summed E-state index contributed by atoms with van der Waals surface area (Å²) in [5.74, 6) is -1.68. The number of amides is 2. The fourth-order valence-electron chi connectivity index (χ4n) is 3.47. The van der Waals surface area contributed by atoms with Crippen molar-refractivity contribution < 1.29 is 22.4 Å². The minimum absolute atomic E-state index is 0.0518. The zero-order valence-corrected chi connectivity index (χ0v) is 19.0. The van der Waals surface area contributed by atoms with Gasteiger partial charge in [0.2, 0.25) is 15.9 Å². The number of thiophene rings is 1. The summed E-state index contributed by atoms with van der Waals surface area (Å²) in [6, 6.07) is 5.76. The van der Waals surface area contributed by atoms with Crippen molar-refractivity contribution in [1.29, 1.82) is 0 Å². The van der Waals surface area contributed by atoms with Crippen molar-refractivity contribution in [2.45, 2.75) is 43.7 Å². The molecule has 3 rings (SSSR count). The first kappa shape index (κ1) is 23.4. The lowest BCUT2D eigenvalue weighted by molar-refractivity contribution is -0.135. The molecule has 7 nitrogen and oxygen atoms in total. The van der Waals surface area contributed by atoms with Crippen molar-refractivity contribution in [1.82, 2.24) is 14.9 Å². The van der Waals surface area contributed by atoms with Crippen LogP contribution in [0.3, 0.4) is 0 Å². The van der Waals surface area contributed by atoms with Crippen LogP contribution in [0.2, 0.25) is 0 Å². The highest BCUT2D eigenvalue weighted by molar-refractivity contribution is 7.89. The second-order valence-corrected chi connectivity index (χ2v) is 10.3. The van der Waals surface area contributed by atoms with Gasteiger partial charge in [-0.15, -0.1) is 0 Å². The summed E-state index contributed by atoms with van der Waals surface area (Å²) >= 11 is 1.45. The number of likely N-dealkylation sites (tertiary alicyclic amines) is 1. The normalized spacial score (nSPS) is 16.3. The lowest BCUT2D eigenvalue weighted by Crippen LogP contribution is -2.54. The van der Waals surface area contributed by atoms with Crippen LogP contribution in [0.15, 0.2) is 46.0 Å². The van der Waals surface area contributed by atoms with Crippen LogP contribution in [-0.4, -0.2) is 50.3 Å². The Morgan fingerprint density at radius 1 is 1.16 bits per heavy atom. The molecule has 1 aliphatic heterocycles. The molecule has 31 heavy (non-hydrogen) atoms. The van der Waals surface area contributed by atoms with Gasteiger partial charge in [-0.25, -0.2) is 12.8 Å². The third-order valence-corrected chi connectivity index (χ3v) is 7.42. The minimum Gasteiger partial charge on any atom is -0.349 e. The number of hydrogen-bond acceptors (Lipinski definition) is 5. The lowest BCUT2D eigenvalue weighted by Gasteiger charge is -2.35. The van der Waals surface area contributed by atoms with Crippen LogP contribution in [0.5, 0.6) is 0 Å². The number of piperidine rings is 1. The van der Waals surface area contributed by atoms with Crippen LogP contribution >= 0.6 is 11.3 Å². The largest absolute Gasteiger partial charge is 0.349 e. The van der Waals surface area contributed by atoms with E-state index in [1.54, 1.807) is 30.2 Å². The van der Waals surface area contributed by atoms with Gasteiger partial charge >= 0.3 is 0 Å². The Bertz CT molecular complexity index is 1020. The predicted octanol–water partition coefficient (Wildman–Crippen LogP) is 2.61. The maximum atomic E-state index is 14.0. The van der Waals surface area contributed by atoms with E-state index in [0.717, 1.165) is 6.07 Å². The summed E-state index contributed by atoms with van der Waals surface area (Å²) in [7, 11) is -4.20. The Balaban J connectivity index is 1.62. The Morgan fingerprint density at radius 2 is 1.84 bits per heavy atom. The number of carbonyl (C=O) groups excluding carboxylic acids is 2. The molecule has 1 fully saturated rings. The van der Waals surface area contributed by atoms with Gasteiger partial charge in [0.05, 0.1) is 0 Å². The number of halogens is 1. The first-order valence-electron chi connectivity index (χ1n) is 10.1. The number of hydrogen-bond donors (Lipinski definition) is 2. The van der Waals surface area contributed by atoms with Gasteiger partial charge in [0.15, 0.2) is 0 Å². The molecule has 0 radical (unpaired) electrons. The second-order valence-electron chi connectivity index (χ2n) is 7.86. The third kappa shape index (κ3) is 5.69. The Labute approximate surface area is 185 Å². The second kappa shape index (κ2) is 9.88. The maximum Gasteiger partial charge on any atom is 0.252 e. The van der Waals surface area contributed by atoms with Gasteiger partial charge in [0.25, 0.3) is 5.91 Å². The average molecular weight is 468 g/mol. The molecule has 0 bridgehead atoms. The van der Waals surface area contributed by atoms with Crippen LogP contribution in [0.25, 0.3) is 0 Å². The van der Waals surface area contributed by atoms with Gasteiger partial charge < -0.3 is 10.2 Å². The third-order valence-electron chi connectivity index (χ3n) is 5.27. The van der Waals surface area contributed by atoms with Crippen LogP contribution in [0.1, 0.15) is 37.0 Å². The summed E-state index contributed by atoms with van der Waals surface area (Å²) in [4.78, 5) is 26.4. The molecule has 0 unspecified atom stereocenters. The molecule has 1 aliphatic rings.